The number of nitrogens with two attached hydrogens (primary N) is 1. The van der Waals surface area contributed by atoms with E-state index in [1.807, 2.05) is 12.1 Å². The van der Waals surface area contributed by atoms with Crippen molar-refractivity contribution in [2.45, 2.75) is 19.4 Å². The minimum atomic E-state index is 0.552. The summed E-state index contributed by atoms with van der Waals surface area (Å²) in [6.45, 7) is 3.51. The van der Waals surface area contributed by atoms with Crippen LogP contribution >= 0.6 is 0 Å². The third kappa shape index (κ3) is 3.01. The Morgan fingerprint density at radius 1 is 1.29 bits per heavy atom. The predicted octanol–water partition coefficient (Wildman–Crippen LogP) is 2.56. The molecule has 0 radical (unpaired) electrons. The van der Waals surface area contributed by atoms with Crippen molar-refractivity contribution in [3.8, 4) is 0 Å². The van der Waals surface area contributed by atoms with Crippen molar-refractivity contribution in [2.75, 3.05) is 31.7 Å². The number of rotatable bonds is 4. The normalized spacial score (nSPS) is 16.6. The van der Waals surface area contributed by atoms with E-state index in [9.17, 15) is 0 Å². The Morgan fingerprint density at radius 2 is 2.05 bits per heavy atom. The first-order valence-corrected chi connectivity index (χ1v) is 7.64. The SMILES string of the molecule is COCC1CCN(c2cc(CN)c3ccccc3n2)CC1. The van der Waals surface area contributed by atoms with Crippen molar-refractivity contribution < 1.29 is 4.74 Å². The fraction of sp³-hybridized carbons (Fsp3) is 0.471. The molecule has 0 amide bonds. The molecule has 1 aliphatic rings. The highest BCUT2D eigenvalue weighted by atomic mass is 16.5. The van der Waals surface area contributed by atoms with Crippen LogP contribution in [-0.2, 0) is 11.3 Å². The molecule has 0 aliphatic carbocycles. The molecule has 112 valence electrons. The van der Waals surface area contributed by atoms with Crippen LogP contribution < -0.4 is 10.6 Å². The van der Waals surface area contributed by atoms with Crippen LogP contribution in [-0.4, -0.2) is 31.8 Å². The summed E-state index contributed by atoms with van der Waals surface area (Å²) >= 11 is 0. The van der Waals surface area contributed by atoms with Gasteiger partial charge in [-0.15, -0.1) is 0 Å². The van der Waals surface area contributed by atoms with Crippen molar-refractivity contribution in [3.63, 3.8) is 0 Å². The van der Waals surface area contributed by atoms with Crippen LogP contribution in [0.5, 0.6) is 0 Å². The third-order valence-corrected chi connectivity index (χ3v) is 4.35. The summed E-state index contributed by atoms with van der Waals surface area (Å²) in [7, 11) is 1.78. The van der Waals surface area contributed by atoms with Crippen LogP contribution in [0, 0.1) is 5.92 Å². The summed E-state index contributed by atoms with van der Waals surface area (Å²) in [6.07, 6.45) is 2.33. The Morgan fingerprint density at radius 3 is 2.76 bits per heavy atom. The summed E-state index contributed by atoms with van der Waals surface area (Å²) < 4.78 is 5.27. The fourth-order valence-electron chi connectivity index (χ4n) is 3.13. The Bertz CT molecular complexity index is 606. The van der Waals surface area contributed by atoms with Crippen molar-refractivity contribution in [2.24, 2.45) is 11.7 Å². The lowest BCUT2D eigenvalue weighted by molar-refractivity contribution is 0.139. The zero-order valence-corrected chi connectivity index (χ0v) is 12.6. The first-order chi connectivity index (χ1) is 10.3. The van der Waals surface area contributed by atoms with Gasteiger partial charge in [-0.1, -0.05) is 18.2 Å². The maximum absolute atomic E-state index is 5.91. The second-order valence-electron chi connectivity index (χ2n) is 5.75. The fourth-order valence-corrected chi connectivity index (χ4v) is 3.13. The van der Waals surface area contributed by atoms with E-state index in [0.717, 1.165) is 36.4 Å². The van der Waals surface area contributed by atoms with Crippen LogP contribution in [0.15, 0.2) is 30.3 Å². The standard InChI is InChI=1S/C17H23N3O/c1-21-12-13-6-8-20(9-7-13)17-10-14(11-18)15-4-2-3-5-16(15)19-17/h2-5,10,13H,6-9,11-12,18H2,1H3. The van der Waals surface area contributed by atoms with Crippen LogP contribution in [0.3, 0.4) is 0 Å². The number of pyridine rings is 1. The van der Waals surface area contributed by atoms with Gasteiger partial charge in [0.15, 0.2) is 0 Å². The molecule has 0 spiro atoms. The third-order valence-electron chi connectivity index (χ3n) is 4.35. The van der Waals surface area contributed by atoms with Gasteiger partial charge in [0.1, 0.15) is 5.82 Å². The van der Waals surface area contributed by atoms with Gasteiger partial charge in [-0.05, 0) is 36.5 Å². The van der Waals surface area contributed by atoms with Crippen molar-refractivity contribution in [3.05, 3.63) is 35.9 Å². The van der Waals surface area contributed by atoms with E-state index < -0.39 is 0 Å². The zero-order valence-electron chi connectivity index (χ0n) is 12.6. The highest BCUT2D eigenvalue weighted by molar-refractivity contribution is 5.84. The van der Waals surface area contributed by atoms with Crippen molar-refractivity contribution in [1.29, 1.82) is 0 Å². The number of methoxy groups -OCH3 is 1. The number of piperidine rings is 1. The van der Waals surface area contributed by atoms with E-state index >= 15 is 0 Å². The number of para-hydroxylation sites is 1. The van der Waals surface area contributed by atoms with Gasteiger partial charge in [-0.3, -0.25) is 0 Å². The second kappa shape index (κ2) is 6.41. The summed E-state index contributed by atoms with van der Waals surface area (Å²) in [5.41, 5.74) is 8.13. The Balaban J connectivity index is 1.84. The maximum Gasteiger partial charge on any atom is 0.129 e. The average Bonchev–Trinajstić information content (AvgIpc) is 2.55. The molecule has 1 aromatic heterocycles. The number of hydrogen-bond acceptors (Lipinski definition) is 4. The van der Waals surface area contributed by atoms with E-state index in [-0.39, 0.29) is 0 Å². The highest BCUT2D eigenvalue weighted by Gasteiger charge is 2.20. The summed E-state index contributed by atoms with van der Waals surface area (Å²) in [4.78, 5) is 7.19. The zero-order chi connectivity index (χ0) is 14.7. The van der Waals surface area contributed by atoms with Gasteiger partial charge < -0.3 is 15.4 Å². The number of nitrogens with zero attached hydrogens (tertiary/aromatic N) is 2. The van der Waals surface area contributed by atoms with E-state index in [0.29, 0.717) is 12.5 Å². The molecule has 4 heteroatoms. The minimum Gasteiger partial charge on any atom is -0.384 e. The molecule has 1 aliphatic heterocycles. The van der Waals surface area contributed by atoms with E-state index in [1.165, 1.54) is 18.4 Å². The largest absolute Gasteiger partial charge is 0.384 e. The number of fused-ring (bicyclic) bond motifs is 1. The molecule has 2 N–H and O–H groups in total. The van der Waals surface area contributed by atoms with Gasteiger partial charge in [0, 0.05) is 38.7 Å². The lowest BCUT2D eigenvalue weighted by atomic mass is 9.97. The topological polar surface area (TPSA) is 51.4 Å². The first kappa shape index (κ1) is 14.3. The molecule has 0 unspecified atom stereocenters. The van der Waals surface area contributed by atoms with Crippen molar-refractivity contribution in [1.82, 2.24) is 4.98 Å². The van der Waals surface area contributed by atoms with Gasteiger partial charge in [0.25, 0.3) is 0 Å². The molecule has 4 nitrogen and oxygen atoms in total. The van der Waals surface area contributed by atoms with Crippen LogP contribution in [0.1, 0.15) is 18.4 Å². The average molecular weight is 285 g/mol. The molecule has 3 rings (SSSR count). The smallest absolute Gasteiger partial charge is 0.129 e. The van der Waals surface area contributed by atoms with E-state index in [4.69, 9.17) is 15.5 Å². The van der Waals surface area contributed by atoms with Crippen LogP contribution in [0.4, 0.5) is 5.82 Å². The molecular formula is C17H23N3O. The van der Waals surface area contributed by atoms with E-state index in [1.54, 1.807) is 7.11 Å². The van der Waals surface area contributed by atoms with Gasteiger partial charge in [-0.2, -0.15) is 0 Å². The molecule has 0 saturated carbocycles. The second-order valence-corrected chi connectivity index (χ2v) is 5.75. The lowest BCUT2D eigenvalue weighted by Crippen LogP contribution is -2.35. The molecule has 1 saturated heterocycles. The number of benzene rings is 1. The molecule has 21 heavy (non-hydrogen) atoms. The van der Waals surface area contributed by atoms with Crippen molar-refractivity contribution >= 4 is 16.7 Å². The Kier molecular flexibility index (Phi) is 4.36. The summed E-state index contributed by atoms with van der Waals surface area (Å²) in [6, 6.07) is 10.4. The minimum absolute atomic E-state index is 0.552. The maximum atomic E-state index is 5.91. The number of hydrogen-bond donors (Lipinski definition) is 1. The quantitative estimate of drug-likeness (QED) is 0.938. The highest BCUT2D eigenvalue weighted by Crippen LogP contribution is 2.26. The Labute approximate surface area is 125 Å². The monoisotopic (exact) mass is 285 g/mol. The van der Waals surface area contributed by atoms with Gasteiger partial charge in [-0.25, -0.2) is 4.98 Å². The molecular weight excluding hydrogens is 262 g/mol. The predicted molar refractivity (Wildman–Crippen MR) is 86.4 cm³/mol. The molecule has 0 atom stereocenters. The van der Waals surface area contributed by atoms with Crippen LogP contribution in [0.2, 0.25) is 0 Å². The van der Waals surface area contributed by atoms with Gasteiger partial charge in [0.05, 0.1) is 5.52 Å². The number of anilines is 1. The number of ether oxygens (including phenoxy) is 1. The first-order valence-electron chi connectivity index (χ1n) is 7.64. The lowest BCUT2D eigenvalue weighted by Gasteiger charge is -2.32. The van der Waals surface area contributed by atoms with Gasteiger partial charge >= 0.3 is 0 Å². The molecule has 2 aromatic rings. The molecule has 1 aromatic carbocycles. The van der Waals surface area contributed by atoms with Gasteiger partial charge in [0.2, 0.25) is 0 Å². The van der Waals surface area contributed by atoms with Crippen LogP contribution in [0.25, 0.3) is 10.9 Å². The molecule has 0 bridgehead atoms. The Hall–Kier alpha value is -1.65. The summed E-state index contributed by atoms with van der Waals surface area (Å²) in [5.74, 6) is 1.74. The molecule has 2 heterocycles. The number of aromatic nitrogens is 1. The summed E-state index contributed by atoms with van der Waals surface area (Å²) in [5, 5.41) is 1.16. The van der Waals surface area contributed by atoms with E-state index in [2.05, 4.69) is 23.1 Å². The molecule has 1 fully saturated rings.